The van der Waals surface area contributed by atoms with E-state index in [9.17, 15) is 18.4 Å². The first kappa shape index (κ1) is 17.8. The monoisotopic (exact) mass is 384 g/mol. The molecule has 2 heterocycles. The number of halogens is 2. The molecule has 142 valence electrons. The van der Waals surface area contributed by atoms with Crippen LogP contribution in [-0.2, 0) is 6.54 Å². The molecule has 0 atom stereocenters. The average molecular weight is 384 g/mol. The van der Waals surface area contributed by atoms with E-state index in [0.717, 1.165) is 11.1 Å². The maximum absolute atomic E-state index is 12.7. The van der Waals surface area contributed by atoms with Gasteiger partial charge in [0.05, 0.1) is 16.5 Å². The molecule has 1 aliphatic heterocycles. The van der Waals surface area contributed by atoms with Crippen LogP contribution in [0.1, 0.15) is 28.2 Å². The number of aromatic carboxylic acids is 1. The van der Waals surface area contributed by atoms with Crippen molar-refractivity contribution in [1.29, 1.82) is 0 Å². The number of carbonyl (C=O) groups is 1. The Morgan fingerprint density at radius 1 is 1.21 bits per heavy atom. The van der Waals surface area contributed by atoms with E-state index in [1.807, 2.05) is 6.08 Å². The Balaban J connectivity index is 1.75. The molecule has 1 N–H and O–H groups in total. The van der Waals surface area contributed by atoms with Gasteiger partial charge in [-0.1, -0.05) is 12.1 Å². The summed E-state index contributed by atoms with van der Waals surface area (Å²) in [6.07, 6.45) is 2.41. The third-order valence-corrected chi connectivity index (χ3v) is 4.54. The zero-order valence-corrected chi connectivity index (χ0v) is 14.4. The van der Waals surface area contributed by atoms with Gasteiger partial charge < -0.3 is 9.84 Å². The van der Waals surface area contributed by atoms with E-state index in [1.54, 1.807) is 16.7 Å². The second kappa shape index (κ2) is 6.88. The number of allylic oxidation sites excluding steroid dienone is 1. The smallest absolute Gasteiger partial charge is 0.387 e. The third-order valence-electron chi connectivity index (χ3n) is 4.54. The van der Waals surface area contributed by atoms with Crippen molar-refractivity contribution >= 4 is 28.5 Å². The molecule has 4 rings (SSSR count). The van der Waals surface area contributed by atoms with E-state index >= 15 is 0 Å². The van der Waals surface area contributed by atoms with Crippen LogP contribution in [0, 0.1) is 0 Å². The number of hydrogen-bond acceptors (Lipinski definition) is 4. The van der Waals surface area contributed by atoms with Crippen LogP contribution in [0.4, 0.5) is 8.78 Å². The minimum absolute atomic E-state index is 0.0579. The molecule has 0 fully saturated rings. The van der Waals surface area contributed by atoms with E-state index in [0.29, 0.717) is 29.7 Å². The Kier molecular flexibility index (Phi) is 4.38. The first-order chi connectivity index (χ1) is 13.4. The molecule has 28 heavy (non-hydrogen) atoms. The van der Waals surface area contributed by atoms with Crippen molar-refractivity contribution < 1.29 is 23.4 Å². The number of hydrogen-bond donors (Lipinski definition) is 1. The van der Waals surface area contributed by atoms with Gasteiger partial charge in [-0.3, -0.25) is 9.36 Å². The molecular weight excluding hydrogens is 370 g/mol. The van der Waals surface area contributed by atoms with Crippen LogP contribution in [0.2, 0.25) is 0 Å². The van der Waals surface area contributed by atoms with Gasteiger partial charge in [-0.2, -0.15) is 8.78 Å². The Labute approximate surface area is 157 Å². The molecule has 0 amide bonds. The van der Waals surface area contributed by atoms with Crippen molar-refractivity contribution in [1.82, 2.24) is 9.55 Å². The average Bonchev–Trinajstić information content (AvgIpc) is 3.05. The number of fused-ring (bicyclic) bond motifs is 2. The highest BCUT2D eigenvalue weighted by atomic mass is 19.3. The van der Waals surface area contributed by atoms with Crippen molar-refractivity contribution in [3.63, 3.8) is 0 Å². The van der Waals surface area contributed by atoms with E-state index < -0.39 is 12.6 Å². The summed E-state index contributed by atoms with van der Waals surface area (Å²) in [6, 6.07) is 10.4. The van der Waals surface area contributed by atoms with Crippen LogP contribution < -0.4 is 10.3 Å². The molecule has 1 aliphatic rings. The highest BCUT2D eigenvalue weighted by Gasteiger charge is 2.21. The largest absolute Gasteiger partial charge is 0.478 e. The van der Waals surface area contributed by atoms with E-state index in [4.69, 9.17) is 5.11 Å². The zero-order chi connectivity index (χ0) is 19.8. The summed E-state index contributed by atoms with van der Waals surface area (Å²) in [5.74, 6) is -0.551. The quantitative estimate of drug-likeness (QED) is 0.743. The number of nitrogens with zero attached hydrogens (tertiary/aromatic N) is 2. The third kappa shape index (κ3) is 3.24. The van der Waals surface area contributed by atoms with Crippen molar-refractivity contribution in [3.8, 4) is 5.75 Å². The van der Waals surface area contributed by atoms with Crippen molar-refractivity contribution in [2.24, 2.45) is 0 Å². The lowest BCUT2D eigenvalue weighted by Gasteiger charge is -2.07. The Hall–Kier alpha value is -3.55. The van der Waals surface area contributed by atoms with Crippen molar-refractivity contribution in [2.45, 2.75) is 19.6 Å². The van der Waals surface area contributed by atoms with Gasteiger partial charge in [-0.15, -0.1) is 0 Å². The molecule has 1 aromatic heterocycles. The molecule has 2 aromatic carbocycles. The standard InChI is InChI=1S/C20H14F2N2O4/c21-20(22)28-14-4-1-11(2-5-14)9-12-7-8-24-17(12)23-16-10-13(19(26)27)3-6-15(16)18(24)25/h1-6,9-10,20H,7-8H2,(H,26,27)/b12-9+. The topological polar surface area (TPSA) is 81.4 Å². The van der Waals surface area contributed by atoms with E-state index in [2.05, 4.69) is 9.72 Å². The molecule has 0 radical (unpaired) electrons. The van der Waals surface area contributed by atoms with Gasteiger partial charge in [-0.05, 0) is 54.0 Å². The summed E-state index contributed by atoms with van der Waals surface area (Å²) in [4.78, 5) is 28.4. The number of ether oxygens (including phenoxy) is 1. The zero-order valence-electron chi connectivity index (χ0n) is 14.4. The minimum atomic E-state index is -2.88. The fourth-order valence-corrected chi connectivity index (χ4v) is 3.23. The Bertz CT molecular complexity index is 1170. The van der Waals surface area contributed by atoms with Gasteiger partial charge >= 0.3 is 12.6 Å². The number of aromatic nitrogens is 2. The van der Waals surface area contributed by atoms with Gasteiger partial charge in [0.2, 0.25) is 0 Å². The van der Waals surface area contributed by atoms with Gasteiger partial charge in [0.25, 0.3) is 5.56 Å². The summed E-state index contributed by atoms with van der Waals surface area (Å²) < 4.78 is 30.4. The number of alkyl halides is 2. The molecule has 0 saturated heterocycles. The lowest BCUT2D eigenvalue weighted by Crippen LogP contribution is -2.20. The Morgan fingerprint density at radius 3 is 2.64 bits per heavy atom. The second-order valence-corrected chi connectivity index (χ2v) is 6.30. The molecule has 0 bridgehead atoms. The summed E-state index contributed by atoms with van der Waals surface area (Å²) >= 11 is 0. The first-order valence-corrected chi connectivity index (χ1v) is 8.46. The number of rotatable bonds is 4. The second-order valence-electron chi connectivity index (χ2n) is 6.30. The number of carboxylic acid groups (broad SMARTS) is 1. The highest BCUT2D eigenvalue weighted by molar-refractivity contribution is 5.93. The normalized spacial score (nSPS) is 14.6. The maximum atomic E-state index is 12.7. The fourth-order valence-electron chi connectivity index (χ4n) is 3.23. The SMILES string of the molecule is O=C(O)c1ccc2c(=O)n3c(nc2c1)/C(=C/c1ccc(OC(F)F)cc1)CC3. The molecule has 0 spiro atoms. The van der Waals surface area contributed by atoms with Crippen LogP contribution in [0.3, 0.4) is 0 Å². The maximum Gasteiger partial charge on any atom is 0.387 e. The minimum Gasteiger partial charge on any atom is -0.478 e. The molecule has 0 saturated carbocycles. The van der Waals surface area contributed by atoms with Crippen LogP contribution in [0.5, 0.6) is 5.75 Å². The van der Waals surface area contributed by atoms with Gasteiger partial charge in [-0.25, -0.2) is 9.78 Å². The first-order valence-electron chi connectivity index (χ1n) is 8.46. The molecule has 0 aliphatic carbocycles. The molecule has 0 unspecified atom stereocenters. The Morgan fingerprint density at radius 2 is 1.96 bits per heavy atom. The number of carboxylic acids is 1. The van der Waals surface area contributed by atoms with Crippen LogP contribution in [-0.4, -0.2) is 27.2 Å². The van der Waals surface area contributed by atoms with E-state index in [-0.39, 0.29) is 16.9 Å². The molecule has 3 aromatic rings. The molecule has 6 nitrogen and oxygen atoms in total. The van der Waals surface area contributed by atoms with Gasteiger partial charge in [0.15, 0.2) is 0 Å². The molecule has 8 heteroatoms. The lowest BCUT2D eigenvalue weighted by atomic mass is 10.1. The fraction of sp³-hybridized carbons (Fsp3) is 0.150. The summed E-state index contributed by atoms with van der Waals surface area (Å²) in [5.41, 5.74) is 1.72. The molecular formula is C20H14F2N2O4. The summed E-state index contributed by atoms with van der Waals surface area (Å²) in [7, 11) is 0. The van der Waals surface area contributed by atoms with Gasteiger partial charge in [0.1, 0.15) is 11.6 Å². The predicted octanol–water partition coefficient (Wildman–Crippen LogP) is 3.64. The van der Waals surface area contributed by atoms with Crippen LogP contribution >= 0.6 is 0 Å². The predicted molar refractivity (Wildman–Crippen MR) is 98.5 cm³/mol. The number of benzene rings is 2. The van der Waals surface area contributed by atoms with Crippen LogP contribution in [0.25, 0.3) is 22.6 Å². The van der Waals surface area contributed by atoms with E-state index in [1.165, 1.54) is 30.3 Å². The lowest BCUT2D eigenvalue weighted by molar-refractivity contribution is -0.0498. The van der Waals surface area contributed by atoms with Gasteiger partial charge in [0, 0.05) is 6.54 Å². The van der Waals surface area contributed by atoms with Crippen molar-refractivity contribution in [2.75, 3.05) is 0 Å². The summed E-state index contributed by atoms with van der Waals surface area (Å²) in [6.45, 7) is -2.41. The van der Waals surface area contributed by atoms with Crippen molar-refractivity contribution in [3.05, 3.63) is 69.8 Å². The summed E-state index contributed by atoms with van der Waals surface area (Å²) in [5, 5.41) is 9.52. The highest BCUT2D eigenvalue weighted by Crippen LogP contribution is 2.28. The van der Waals surface area contributed by atoms with Crippen LogP contribution in [0.15, 0.2) is 47.3 Å².